The number of aryl methyl sites for hydroxylation is 1. The molecule has 0 amide bonds. The van der Waals surface area contributed by atoms with Crippen LogP contribution in [0.25, 0.3) is 0 Å². The fourth-order valence-electron chi connectivity index (χ4n) is 2.60. The lowest BCUT2D eigenvalue weighted by atomic mass is 9.84. The summed E-state index contributed by atoms with van der Waals surface area (Å²) in [6.07, 6.45) is 5.21. The number of benzene rings is 1. The molecule has 2 N–H and O–H groups in total. The lowest BCUT2D eigenvalue weighted by Crippen LogP contribution is -2.09. The smallest absolute Gasteiger partial charge is 0.119 e. The zero-order valence-electron chi connectivity index (χ0n) is 9.21. The van der Waals surface area contributed by atoms with Crippen LogP contribution in [-0.4, -0.2) is 16.8 Å². The summed E-state index contributed by atoms with van der Waals surface area (Å²) < 4.78 is 0. The number of aliphatic hydroxyl groups is 1. The molecule has 1 aromatic rings. The van der Waals surface area contributed by atoms with Crippen molar-refractivity contribution in [3.05, 3.63) is 28.3 Å². The number of rotatable bonds is 2. The van der Waals surface area contributed by atoms with Gasteiger partial charge in [0.15, 0.2) is 0 Å². The maximum atomic E-state index is 9.87. The summed E-state index contributed by atoms with van der Waals surface area (Å²) in [4.78, 5) is 0. The highest BCUT2D eigenvalue weighted by Gasteiger charge is 2.18. The van der Waals surface area contributed by atoms with E-state index in [2.05, 4.69) is 6.92 Å². The van der Waals surface area contributed by atoms with Crippen molar-refractivity contribution in [2.24, 2.45) is 0 Å². The van der Waals surface area contributed by atoms with Gasteiger partial charge in [-0.2, -0.15) is 0 Å². The molecule has 1 aromatic carbocycles. The molecule has 2 heteroatoms. The van der Waals surface area contributed by atoms with Gasteiger partial charge in [-0.1, -0.05) is 0 Å². The normalized spacial score (nSPS) is 15.1. The molecule has 15 heavy (non-hydrogen) atoms. The molecule has 2 nitrogen and oxygen atoms in total. The van der Waals surface area contributed by atoms with Gasteiger partial charge >= 0.3 is 0 Å². The third kappa shape index (κ3) is 1.86. The molecule has 0 spiro atoms. The molecule has 0 atom stereocenters. The van der Waals surface area contributed by atoms with Crippen molar-refractivity contribution < 1.29 is 10.2 Å². The van der Waals surface area contributed by atoms with Crippen LogP contribution in [0, 0.1) is 6.92 Å². The maximum absolute atomic E-state index is 9.87. The molecule has 0 fully saturated rings. The molecule has 82 valence electrons. The van der Waals surface area contributed by atoms with Crippen LogP contribution in [0.3, 0.4) is 0 Å². The van der Waals surface area contributed by atoms with Crippen molar-refractivity contribution in [1.29, 1.82) is 0 Å². The Labute approximate surface area is 90.6 Å². The lowest BCUT2D eigenvalue weighted by molar-refractivity contribution is 0.296. The van der Waals surface area contributed by atoms with Gasteiger partial charge in [0, 0.05) is 6.61 Å². The fraction of sp³-hybridized carbons (Fsp3) is 0.538. The van der Waals surface area contributed by atoms with Gasteiger partial charge in [-0.05, 0) is 67.3 Å². The fourth-order valence-corrected chi connectivity index (χ4v) is 2.60. The molecular weight excluding hydrogens is 188 g/mol. The number of aliphatic hydroxyl groups excluding tert-OH is 1. The predicted octanol–water partition coefficient (Wildman–Crippen LogP) is 2.11. The van der Waals surface area contributed by atoms with Gasteiger partial charge in [-0.25, -0.2) is 0 Å². The van der Waals surface area contributed by atoms with Crippen LogP contribution < -0.4 is 0 Å². The van der Waals surface area contributed by atoms with Crippen molar-refractivity contribution >= 4 is 0 Å². The van der Waals surface area contributed by atoms with Gasteiger partial charge < -0.3 is 10.2 Å². The zero-order chi connectivity index (χ0) is 10.8. The molecule has 0 saturated heterocycles. The number of fused-ring (bicyclic) bond motifs is 1. The molecule has 0 unspecified atom stereocenters. The molecule has 1 aliphatic carbocycles. The van der Waals surface area contributed by atoms with Crippen LogP contribution in [0.4, 0.5) is 0 Å². The average Bonchev–Trinajstić information content (AvgIpc) is 2.24. The van der Waals surface area contributed by atoms with Crippen LogP contribution in [0.1, 0.15) is 35.1 Å². The summed E-state index contributed by atoms with van der Waals surface area (Å²) in [6, 6.07) is 1.84. The van der Waals surface area contributed by atoms with Gasteiger partial charge in [0.1, 0.15) is 5.75 Å². The van der Waals surface area contributed by atoms with Gasteiger partial charge in [-0.15, -0.1) is 0 Å². The van der Waals surface area contributed by atoms with Gasteiger partial charge in [0.05, 0.1) is 0 Å². The summed E-state index contributed by atoms with van der Waals surface area (Å²) >= 11 is 0. The summed E-state index contributed by atoms with van der Waals surface area (Å²) in [6.45, 7) is 2.18. The average molecular weight is 206 g/mol. The maximum Gasteiger partial charge on any atom is 0.119 e. The number of phenols is 1. The predicted molar refractivity (Wildman–Crippen MR) is 60.3 cm³/mol. The van der Waals surface area contributed by atoms with E-state index in [-0.39, 0.29) is 6.61 Å². The van der Waals surface area contributed by atoms with Crippen molar-refractivity contribution in [1.82, 2.24) is 0 Å². The molecular formula is C13H18O2. The van der Waals surface area contributed by atoms with E-state index < -0.39 is 0 Å². The topological polar surface area (TPSA) is 40.5 Å². The Hall–Kier alpha value is -1.02. The van der Waals surface area contributed by atoms with Crippen LogP contribution in [0.15, 0.2) is 6.07 Å². The Kier molecular flexibility index (Phi) is 2.96. The Morgan fingerprint density at radius 2 is 1.87 bits per heavy atom. The summed E-state index contributed by atoms with van der Waals surface area (Å²) in [5, 5.41) is 18.9. The SMILES string of the molecule is Cc1cc(O)c(CCO)c2c1CCCC2. The van der Waals surface area contributed by atoms with Crippen molar-refractivity contribution in [3.63, 3.8) is 0 Å². The molecule has 2 rings (SSSR count). The van der Waals surface area contributed by atoms with Gasteiger partial charge in [0.2, 0.25) is 0 Å². The highest BCUT2D eigenvalue weighted by Crippen LogP contribution is 2.33. The second-order valence-electron chi connectivity index (χ2n) is 4.33. The van der Waals surface area contributed by atoms with Crippen LogP contribution >= 0.6 is 0 Å². The number of hydrogen-bond donors (Lipinski definition) is 2. The van der Waals surface area contributed by atoms with Crippen LogP contribution in [-0.2, 0) is 19.3 Å². The Balaban J connectivity index is 2.53. The highest BCUT2D eigenvalue weighted by atomic mass is 16.3. The second kappa shape index (κ2) is 4.23. The minimum atomic E-state index is 0.114. The van der Waals surface area contributed by atoms with Crippen LogP contribution in [0.2, 0.25) is 0 Å². The largest absolute Gasteiger partial charge is 0.508 e. The standard InChI is InChI=1S/C13H18O2/c1-9-8-13(15)12(6-7-14)11-5-3-2-4-10(9)11/h8,14-15H,2-7H2,1H3. The summed E-state index contributed by atoms with van der Waals surface area (Å²) in [7, 11) is 0. The van der Waals surface area contributed by atoms with Crippen molar-refractivity contribution in [2.45, 2.75) is 39.0 Å². The molecule has 0 aromatic heterocycles. The lowest BCUT2D eigenvalue weighted by Gasteiger charge is -2.22. The Bertz CT molecular complexity index is 369. The highest BCUT2D eigenvalue weighted by molar-refractivity contribution is 5.49. The minimum Gasteiger partial charge on any atom is -0.508 e. The zero-order valence-corrected chi connectivity index (χ0v) is 9.21. The first kappa shape index (κ1) is 10.5. The van der Waals surface area contributed by atoms with Crippen LogP contribution in [0.5, 0.6) is 5.75 Å². The first-order valence-electron chi connectivity index (χ1n) is 5.68. The van der Waals surface area contributed by atoms with Crippen molar-refractivity contribution in [2.75, 3.05) is 6.61 Å². The second-order valence-corrected chi connectivity index (χ2v) is 4.33. The molecule has 0 aliphatic heterocycles. The first-order chi connectivity index (χ1) is 7.24. The molecule has 0 heterocycles. The third-order valence-electron chi connectivity index (χ3n) is 3.33. The van der Waals surface area contributed by atoms with Crippen molar-refractivity contribution in [3.8, 4) is 5.75 Å². The monoisotopic (exact) mass is 206 g/mol. The molecule has 0 bridgehead atoms. The molecule has 1 aliphatic rings. The number of hydrogen-bond acceptors (Lipinski definition) is 2. The van der Waals surface area contributed by atoms with Gasteiger partial charge in [-0.3, -0.25) is 0 Å². The van der Waals surface area contributed by atoms with E-state index in [0.29, 0.717) is 12.2 Å². The van der Waals surface area contributed by atoms with E-state index in [4.69, 9.17) is 5.11 Å². The summed E-state index contributed by atoms with van der Waals surface area (Å²) in [5.41, 5.74) is 4.87. The van der Waals surface area contributed by atoms with E-state index in [1.165, 1.54) is 29.5 Å². The number of aromatic hydroxyl groups is 1. The van der Waals surface area contributed by atoms with E-state index in [1.807, 2.05) is 6.07 Å². The molecule has 0 radical (unpaired) electrons. The summed E-state index contributed by atoms with van der Waals surface area (Å²) in [5.74, 6) is 0.363. The van der Waals surface area contributed by atoms with E-state index in [9.17, 15) is 5.11 Å². The number of phenolic OH excluding ortho intramolecular Hbond substituents is 1. The van der Waals surface area contributed by atoms with E-state index in [0.717, 1.165) is 18.4 Å². The Morgan fingerprint density at radius 3 is 2.53 bits per heavy atom. The minimum absolute atomic E-state index is 0.114. The van der Waals surface area contributed by atoms with E-state index >= 15 is 0 Å². The molecule has 0 saturated carbocycles. The van der Waals surface area contributed by atoms with Gasteiger partial charge in [0.25, 0.3) is 0 Å². The third-order valence-corrected chi connectivity index (χ3v) is 3.33. The quantitative estimate of drug-likeness (QED) is 0.778. The first-order valence-corrected chi connectivity index (χ1v) is 5.68. The Morgan fingerprint density at radius 1 is 1.20 bits per heavy atom. The van der Waals surface area contributed by atoms with E-state index in [1.54, 1.807) is 0 Å².